The fourth-order valence-electron chi connectivity index (χ4n) is 2.13. The Morgan fingerprint density at radius 1 is 1.38 bits per heavy atom. The Morgan fingerprint density at radius 3 is 2.81 bits per heavy atom. The van der Waals surface area contributed by atoms with Gasteiger partial charge in [0.2, 0.25) is 21.9 Å². The molecule has 9 heteroatoms. The summed E-state index contributed by atoms with van der Waals surface area (Å²) in [7, 11) is -3.75. The molecule has 0 spiro atoms. The summed E-state index contributed by atoms with van der Waals surface area (Å²) >= 11 is 1.52. The van der Waals surface area contributed by atoms with Crippen LogP contribution in [-0.4, -0.2) is 36.1 Å². The van der Waals surface area contributed by atoms with E-state index < -0.39 is 15.3 Å². The van der Waals surface area contributed by atoms with Crippen LogP contribution in [0.4, 0.5) is 5.95 Å². The van der Waals surface area contributed by atoms with Crippen molar-refractivity contribution in [1.29, 1.82) is 0 Å². The number of hydrogen-bond donors (Lipinski definition) is 1. The first-order valence-corrected chi connectivity index (χ1v) is 8.63. The van der Waals surface area contributed by atoms with Gasteiger partial charge in [-0.25, -0.2) is 23.5 Å². The lowest BCUT2D eigenvalue weighted by Crippen LogP contribution is -2.32. The number of nitrogens with zero attached hydrogens (tertiary/aromatic N) is 3. The van der Waals surface area contributed by atoms with Crippen molar-refractivity contribution >= 4 is 33.2 Å². The fourth-order valence-corrected chi connectivity index (χ4v) is 3.56. The number of aromatic nitrogens is 2. The molecule has 1 aliphatic rings. The molecule has 21 heavy (non-hydrogen) atoms. The maximum atomic E-state index is 12.0. The van der Waals surface area contributed by atoms with E-state index in [9.17, 15) is 13.2 Å². The van der Waals surface area contributed by atoms with Gasteiger partial charge in [0.05, 0.1) is 10.6 Å². The van der Waals surface area contributed by atoms with Crippen LogP contribution in [0.25, 0.3) is 10.6 Å². The molecule has 1 fully saturated rings. The van der Waals surface area contributed by atoms with Crippen LogP contribution in [0.5, 0.6) is 0 Å². The second-order valence-corrected chi connectivity index (χ2v) is 7.43. The van der Waals surface area contributed by atoms with Gasteiger partial charge in [-0.05, 0) is 17.5 Å². The number of thiophene rings is 1. The lowest BCUT2D eigenvalue weighted by Gasteiger charge is -2.14. The average molecular weight is 324 g/mol. The molecule has 1 unspecified atom stereocenters. The summed E-state index contributed by atoms with van der Waals surface area (Å²) in [5.74, 6) is -0.130. The standard InChI is InChI=1S/C12H12N4O3S2/c13-21(18,19)8-6-11(17)16(7-8)12-14-4-3-9(15-12)10-2-1-5-20-10/h1-5,8H,6-7H2,(H2,13,18,19). The first-order valence-electron chi connectivity index (χ1n) is 6.14. The predicted octanol–water partition coefficient (Wildman–Crippen LogP) is 0.599. The minimum Gasteiger partial charge on any atom is -0.279 e. The van der Waals surface area contributed by atoms with Crippen molar-refractivity contribution in [1.82, 2.24) is 9.97 Å². The van der Waals surface area contributed by atoms with E-state index in [1.807, 2.05) is 17.5 Å². The molecule has 1 amide bonds. The van der Waals surface area contributed by atoms with E-state index in [0.717, 1.165) is 4.88 Å². The molecule has 0 aliphatic carbocycles. The van der Waals surface area contributed by atoms with Crippen LogP contribution in [0.15, 0.2) is 29.8 Å². The van der Waals surface area contributed by atoms with Gasteiger partial charge in [0.1, 0.15) is 5.25 Å². The monoisotopic (exact) mass is 324 g/mol. The normalized spacial score (nSPS) is 19.2. The maximum absolute atomic E-state index is 12.0. The van der Waals surface area contributed by atoms with E-state index in [1.165, 1.54) is 16.2 Å². The third-order valence-corrected chi connectivity index (χ3v) is 5.35. The molecule has 2 aromatic rings. The van der Waals surface area contributed by atoms with E-state index in [4.69, 9.17) is 5.14 Å². The Hall–Kier alpha value is -1.84. The number of sulfonamides is 1. The van der Waals surface area contributed by atoms with Crippen molar-refractivity contribution in [2.24, 2.45) is 5.14 Å². The van der Waals surface area contributed by atoms with Crippen LogP contribution in [0, 0.1) is 0 Å². The molecule has 3 rings (SSSR count). The third kappa shape index (κ3) is 2.80. The Morgan fingerprint density at radius 2 is 2.19 bits per heavy atom. The summed E-state index contributed by atoms with van der Waals surface area (Å²) in [6.07, 6.45) is 1.42. The molecule has 1 aliphatic heterocycles. The zero-order valence-corrected chi connectivity index (χ0v) is 12.5. The van der Waals surface area contributed by atoms with E-state index in [-0.39, 0.29) is 24.8 Å². The Bertz CT molecular complexity index is 774. The van der Waals surface area contributed by atoms with Crippen molar-refractivity contribution in [2.75, 3.05) is 11.4 Å². The molecule has 0 aromatic carbocycles. The lowest BCUT2D eigenvalue weighted by molar-refractivity contribution is -0.117. The maximum Gasteiger partial charge on any atom is 0.232 e. The first-order chi connectivity index (χ1) is 9.95. The molecular weight excluding hydrogens is 312 g/mol. The van der Waals surface area contributed by atoms with Gasteiger partial charge < -0.3 is 0 Å². The van der Waals surface area contributed by atoms with E-state index in [0.29, 0.717) is 5.69 Å². The smallest absolute Gasteiger partial charge is 0.232 e. The first kappa shape index (κ1) is 14.1. The molecule has 0 radical (unpaired) electrons. The molecule has 7 nitrogen and oxygen atoms in total. The van der Waals surface area contributed by atoms with Crippen molar-refractivity contribution in [3.63, 3.8) is 0 Å². The number of amides is 1. The molecule has 110 valence electrons. The van der Waals surface area contributed by atoms with Crippen molar-refractivity contribution < 1.29 is 13.2 Å². The fraction of sp³-hybridized carbons (Fsp3) is 0.250. The number of hydrogen-bond acceptors (Lipinski definition) is 6. The summed E-state index contributed by atoms with van der Waals surface area (Å²) in [5, 5.41) is 6.13. The van der Waals surface area contributed by atoms with E-state index in [2.05, 4.69) is 9.97 Å². The van der Waals surface area contributed by atoms with Crippen LogP contribution in [0.1, 0.15) is 6.42 Å². The summed E-state index contributed by atoms with van der Waals surface area (Å²) in [4.78, 5) is 22.6. The van der Waals surface area contributed by atoms with Gasteiger partial charge in [-0.3, -0.25) is 9.69 Å². The summed E-state index contributed by atoms with van der Waals surface area (Å²) in [5.41, 5.74) is 0.696. The molecule has 1 saturated heterocycles. The van der Waals surface area contributed by atoms with Crippen molar-refractivity contribution in [2.45, 2.75) is 11.7 Å². The van der Waals surface area contributed by atoms with E-state index >= 15 is 0 Å². The third-order valence-electron chi connectivity index (χ3n) is 3.21. The van der Waals surface area contributed by atoms with Crippen molar-refractivity contribution in [3.8, 4) is 10.6 Å². The molecule has 0 bridgehead atoms. The molecule has 3 heterocycles. The highest BCUT2D eigenvalue weighted by molar-refractivity contribution is 7.89. The predicted molar refractivity (Wildman–Crippen MR) is 79.2 cm³/mol. The second-order valence-electron chi connectivity index (χ2n) is 4.64. The second kappa shape index (κ2) is 5.17. The van der Waals surface area contributed by atoms with Crippen LogP contribution in [0.3, 0.4) is 0 Å². The number of rotatable bonds is 3. The molecule has 0 saturated carbocycles. The van der Waals surface area contributed by atoms with Crippen LogP contribution in [0.2, 0.25) is 0 Å². The Balaban J connectivity index is 1.91. The van der Waals surface area contributed by atoms with E-state index in [1.54, 1.807) is 12.3 Å². The minimum atomic E-state index is -3.75. The largest absolute Gasteiger partial charge is 0.279 e. The Labute approximate surface area is 125 Å². The highest BCUT2D eigenvalue weighted by atomic mass is 32.2. The summed E-state index contributed by atoms with van der Waals surface area (Å²) < 4.78 is 22.7. The van der Waals surface area contributed by atoms with Gasteiger partial charge in [-0.15, -0.1) is 11.3 Å². The molecule has 2 N–H and O–H groups in total. The minimum absolute atomic E-state index is 0.00837. The van der Waals surface area contributed by atoms with Crippen LogP contribution < -0.4 is 10.0 Å². The lowest BCUT2D eigenvalue weighted by atomic mass is 10.3. The molecule has 2 aromatic heterocycles. The Kier molecular flexibility index (Phi) is 3.47. The molecular formula is C12H12N4O3S2. The zero-order chi connectivity index (χ0) is 15.0. The zero-order valence-electron chi connectivity index (χ0n) is 10.8. The number of carbonyl (C=O) groups excluding carboxylic acids is 1. The summed E-state index contributed by atoms with van der Waals surface area (Å²) in [6.45, 7) is -0.00837. The summed E-state index contributed by atoms with van der Waals surface area (Å²) in [6, 6.07) is 5.56. The van der Waals surface area contributed by atoms with Crippen LogP contribution >= 0.6 is 11.3 Å². The number of primary sulfonamides is 1. The number of anilines is 1. The van der Waals surface area contributed by atoms with Gasteiger partial charge in [0.15, 0.2) is 0 Å². The van der Waals surface area contributed by atoms with Gasteiger partial charge in [-0.1, -0.05) is 6.07 Å². The van der Waals surface area contributed by atoms with Gasteiger partial charge in [-0.2, -0.15) is 0 Å². The highest BCUT2D eigenvalue weighted by Gasteiger charge is 2.38. The number of nitrogens with two attached hydrogens (primary N) is 1. The quantitative estimate of drug-likeness (QED) is 0.890. The van der Waals surface area contributed by atoms with Crippen LogP contribution in [-0.2, 0) is 14.8 Å². The number of carbonyl (C=O) groups is 1. The van der Waals surface area contributed by atoms with Gasteiger partial charge in [0, 0.05) is 19.2 Å². The SMILES string of the molecule is NS(=O)(=O)C1CC(=O)N(c2nccc(-c3cccs3)n2)C1. The topological polar surface area (TPSA) is 106 Å². The van der Waals surface area contributed by atoms with Gasteiger partial charge >= 0.3 is 0 Å². The average Bonchev–Trinajstić information content (AvgIpc) is 3.07. The van der Waals surface area contributed by atoms with Crippen molar-refractivity contribution in [3.05, 3.63) is 29.8 Å². The van der Waals surface area contributed by atoms with Gasteiger partial charge in [0.25, 0.3) is 0 Å². The molecule has 1 atom stereocenters. The highest BCUT2D eigenvalue weighted by Crippen LogP contribution is 2.26.